The molecule has 46 heavy (non-hydrogen) atoms. The third kappa shape index (κ3) is 11.8. The van der Waals surface area contributed by atoms with Crippen LogP contribution in [0.2, 0.25) is 0 Å². The first kappa shape index (κ1) is 35.9. The van der Waals surface area contributed by atoms with Gasteiger partial charge in [-0.05, 0) is 47.5 Å². The van der Waals surface area contributed by atoms with Crippen LogP contribution >= 0.6 is 0 Å². The van der Waals surface area contributed by atoms with Crippen LogP contribution < -0.4 is 18.9 Å². The number of aliphatic carboxylic acids is 2. The van der Waals surface area contributed by atoms with Gasteiger partial charge in [-0.3, -0.25) is 19.2 Å². The maximum Gasteiger partial charge on any atom is 0.349 e. The van der Waals surface area contributed by atoms with Gasteiger partial charge in [-0.25, -0.2) is 19.2 Å². The molecule has 2 atom stereocenters. The first-order valence-electron chi connectivity index (χ1n) is 12.8. The van der Waals surface area contributed by atoms with Crippen molar-refractivity contribution in [3.63, 3.8) is 0 Å². The minimum Gasteiger partial charge on any atom is -0.478 e. The first-order chi connectivity index (χ1) is 21.5. The Hall–Kier alpha value is -6.32. The highest BCUT2D eigenvalue weighted by Crippen LogP contribution is 2.30. The largest absolute Gasteiger partial charge is 0.478 e. The number of carboxylic acid groups (broad SMARTS) is 2. The molecule has 0 fully saturated rings. The summed E-state index contributed by atoms with van der Waals surface area (Å²) in [5, 5.41) is 19.0. The lowest BCUT2D eigenvalue weighted by Gasteiger charge is -2.19. The molecule has 16 nitrogen and oxygen atoms in total. The van der Waals surface area contributed by atoms with Gasteiger partial charge in [-0.15, -0.1) is 0 Å². The number of rotatable bonds is 13. The second kappa shape index (κ2) is 16.5. The number of ether oxygens (including phenoxy) is 6. The van der Waals surface area contributed by atoms with Crippen LogP contribution in [0.4, 0.5) is 0 Å². The zero-order chi connectivity index (χ0) is 34.6. The summed E-state index contributed by atoms with van der Waals surface area (Å²) < 4.78 is 29.3. The topological polar surface area (TPSA) is 232 Å². The van der Waals surface area contributed by atoms with Gasteiger partial charge in [0.25, 0.3) is 0 Å². The Labute approximate surface area is 259 Å². The summed E-state index contributed by atoms with van der Waals surface area (Å²) >= 11 is 0. The van der Waals surface area contributed by atoms with Gasteiger partial charge in [0.2, 0.25) is 12.2 Å². The van der Waals surface area contributed by atoms with Crippen molar-refractivity contribution in [3.8, 4) is 23.0 Å². The molecule has 2 aromatic rings. The number of carbonyl (C=O) groups is 8. The quantitative estimate of drug-likeness (QED) is 0.181. The third-order valence-corrected chi connectivity index (χ3v) is 5.02. The standard InChI is InChI=1S/C30H26O16/c1-15(31)41-21-9-5-19(13-23(21)43-17(3)33)7-11-25(35)45-27(29(37)38)28(30(39)40)46-26(36)12-8-20-6-10-22(42-16(2)32)24(14-20)44-18(4)34/h5-14,27-28H,1-4H3,(H,37,38)(H,39,40)/t27-,28-/m1/s1. The monoisotopic (exact) mass is 642 g/mol. The number of esters is 6. The molecule has 0 bridgehead atoms. The summed E-state index contributed by atoms with van der Waals surface area (Å²) in [6.45, 7) is 4.43. The molecule has 0 unspecified atom stereocenters. The zero-order valence-electron chi connectivity index (χ0n) is 24.5. The fourth-order valence-electron chi connectivity index (χ4n) is 3.34. The lowest BCUT2D eigenvalue weighted by molar-refractivity contribution is -0.183. The van der Waals surface area contributed by atoms with Crippen molar-refractivity contribution in [2.24, 2.45) is 0 Å². The van der Waals surface area contributed by atoms with E-state index in [1.54, 1.807) is 0 Å². The Balaban J connectivity index is 2.20. The molecule has 2 rings (SSSR count). The van der Waals surface area contributed by atoms with E-state index in [0.29, 0.717) is 0 Å². The highest BCUT2D eigenvalue weighted by Gasteiger charge is 2.40. The number of carboxylic acids is 2. The second-order valence-electron chi connectivity index (χ2n) is 8.85. The maximum absolute atomic E-state index is 12.4. The van der Waals surface area contributed by atoms with E-state index >= 15 is 0 Å². The van der Waals surface area contributed by atoms with E-state index in [1.807, 2.05) is 0 Å². The van der Waals surface area contributed by atoms with Crippen molar-refractivity contribution in [3.05, 3.63) is 59.7 Å². The highest BCUT2D eigenvalue weighted by atomic mass is 16.6. The molecule has 242 valence electrons. The summed E-state index contributed by atoms with van der Waals surface area (Å²) in [5.41, 5.74) is 0.389. The molecule has 2 aromatic carbocycles. The Morgan fingerprint density at radius 3 is 1.11 bits per heavy atom. The van der Waals surface area contributed by atoms with Crippen LogP contribution in [-0.2, 0) is 47.8 Å². The fourth-order valence-corrected chi connectivity index (χ4v) is 3.34. The molecular weight excluding hydrogens is 616 g/mol. The van der Waals surface area contributed by atoms with Crippen LogP contribution in [0.5, 0.6) is 23.0 Å². The highest BCUT2D eigenvalue weighted by molar-refractivity contribution is 5.94. The Morgan fingerprint density at radius 2 is 0.826 bits per heavy atom. The fraction of sp³-hybridized carbons (Fsp3) is 0.200. The molecule has 0 heterocycles. The van der Waals surface area contributed by atoms with Gasteiger partial charge in [0, 0.05) is 39.8 Å². The molecule has 0 aliphatic rings. The first-order valence-corrected chi connectivity index (χ1v) is 12.8. The van der Waals surface area contributed by atoms with Crippen molar-refractivity contribution >= 4 is 59.9 Å². The summed E-state index contributed by atoms with van der Waals surface area (Å²) in [5.74, 6) is -10.1. The molecule has 0 saturated carbocycles. The van der Waals surface area contributed by atoms with Crippen LogP contribution in [0, 0.1) is 0 Å². The van der Waals surface area contributed by atoms with Crippen molar-refractivity contribution in [1.82, 2.24) is 0 Å². The Kier molecular flexibility index (Phi) is 12.9. The molecular formula is C30H26O16. The molecule has 0 amide bonds. The SMILES string of the molecule is CC(=O)Oc1ccc(C=CC(=O)O[C@@H](C(=O)O)[C@@H](OC(=O)C=Cc2ccc(OC(C)=O)c(OC(C)=O)c2)C(=O)O)cc1OC(C)=O. The summed E-state index contributed by atoms with van der Waals surface area (Å²) in [7, 11) is 0. The molecule has 0 aliphatic heterocycles. The van der Waals surface area contributed by atoms with E-state index in [2.05, 4.69) is 0 Å². The molecule has 0 aromatic heterocycles. The lowest BCUT2D eigenvalue weighted by Crippen LogP contribution is -2.45. The van der Waals surface area contributed by atoms with Crippen LogP contribution in [0.15, 0.2) is 48.6 Å². The summed E-state index contributed by atoms with van der Waals surface area (Å²) in [6.07, 6.45) is -1.37. The lowest BCUT2D eigenvalue weighted by atomic mass is 10.1. The average Bonchev–Trinajstić information content (AvgIpc) is 2.93. The molecule has 0 radical (unpaired) electrons. The van der Waals surface area contributed by atoms with Gasteiger partial charge < -0.3 is 38.6 Å². The van der Waals surface area contributed by atoms with Gasteiger partial charge in [0.05, 0.1) is 0 Å². The normalized spacial score (nSPS) is 12.0. The van der Waals surface area contributed by atoms with Crippen LogP contribution in [-0.4, -0.2) is 70.2 Å². The van der Waals surface area contributed by atoms with Crippen molar-refractivity contribution in [2.45, 2.75) is 39.9 Å². The van der Waals surface area contributed by atoms with E-state index in [9.17, 15) is 48.6 Å². The maximum atomic E-state index is 12.4. The van der Waals surface area contributed by atoms with E-state index in [-0.39, 0.29) is 34.1 Å². The molecule has 0 aliphatic carbocycles. The van der Waals surface area contributed by atoms with Crippen LogP contribution in [0.1, 0.15) is 38.8 Å². The predicted octanol–water partition coefficient (Wildman–Crippen LogP) is 2.11. The van der Waals surface area contributed by atoms with E-state index in [1.165, 1.54) is 36.4 Å². The number of benzene rings is 2. The van der Waals surface area contributed by atoms with Gasteiger partial charge in [-0.2, -0.15) is 0 Å². The molecule has 2 N–H and O–H groups in total. The zero-order valence-corrected chi connectivity index (χ0v) is 24.5. The van der Waals surface area contributed by atoms with Gasteiger partial charge in [0.15, 0.2) is 23.0 Å². The van der Waals surface area contributed by atoms with E-state index in [4.69, 9.17) is 28.4 Å². The average molecular weight is 643 g/mol. The number of hydrogen-bond donors (Lipinski definition) is 2. The van der Waals surface area contributed by atoms with Gasteiger partial charge in [-0.1, -0.05) is 12.1 Å². The van der Waals surface area contributed by atoms with Crippen LogP contribution in [0.25, 0.3) is 12.2 Å². The predicted molar refractivity (Wildman–Crippen MR) is 151 cm³/mol. The molecule has 0 spiro atoms. The molecule has 16 heteroatoms. The van der Waals surface area contributed by atoms with Gasteiger partial charge in [0.1, 0.15) is 0 Å². The Bertz CT molecular complexity index is 1500. The van der Waals surface area contributed by atoms with Gasteiger partial charge >= 0.3 is 47.8 Å². The van der Waals surface area contributed by atoms with Crippen LogP contribution in [0.3, 0.4) is 0 Å². The number of hydrogen-bond acceptors (Lipinski definition) is 14. The van der Waals surface area contributed by atoms with Crippen molar-refractivity contribution in [2.75, 3.05) is 0 Å². The summed E-state index contributed by atoms with van der Waals surface area (Å²) in [4.78, 5) is 93.7. The van der Waals surface area contributed by atoms with E-state index in [0.717, 1.165) is 52.0 Å². The van der Waals surface area contributed by atoms with E-state index < -0.39 is 60.0 Å². The minimum absolute atomic E-state index is 0.0996. The Morgan fingerprint density at radius 1 is 0.522 bits per heavy atom. The molecule has 0 saturated heterocycles. The number of carbonyl (C=O) groups excluding carboxylic acids is 6. The smallest absolute Gasteiger partial charge is 0.349 e. The van der Waals surface area contributed by atoms with Crippen molar-refractivity contribution in [1.29, 1.82) is 0 Å². The minimum atomic E-state index is -2.49. The summed E-state index contributed by atoms with van der Waals surface area (Å²) in [6, 6.07) is 7.62. The second-order valence-corrected chi connectivity index (χ2v) is 8.85. The van der Waals surface area contributed by atoms with Crippen molar-refractivity contribution < 1.29 is 77.0 Å². The third-order valence-electron chi connectivity index (χ3n) is 5.02.